The summed E-state index contributed by atoms with van der Waals surface area (Å²) in [6, 6.07) is 8.01. The average molecular weight is 330 g/mol. The van der Waals surface area contributed by atoms with E-state index in [0.717, 1.165) is 29.0 Å². The first-order valence-corrected chi connectivity index (χ1v) is 9.27. The van der Waals surface area contributed by atoms with Gasteiger partial charge < -0.3 is 5.32 Å². The van der Waals surface area contributed by atoms with Crippen molar-refractivity contribution in [1.82, 2.24) is 4.98 Å². The molecule has 1 amide bonds. The number of hydrogen-bond acceptors (Lipinski definition) is 3. The molecule has 0 aliphatic heterocycles. The summed E-state index contributed by atoms with van der Waals surface area (Å²) in [4.78, 5) is 18.3. The van der Waals surface area contributed by atoms with Gasteiger partial charge >= 0.3 is 0 Å². The summed E-state index contributed by atoms with van der Waals surface area (Å²) in [5.41, 5.74) is 2.04. The highest BCUT2D eigenvalue weighted by Gasteiger charge is 2.21. The van der Waals surface area contributed by atoms with Crippen LogP contribution in [0.5, 0.6) is 0 Å². The number of aromatic nitrogens is 1. The Hall–Kier alpha value is -1.68. The Kier molecular flexibility index (Phi) is 6.78. The van der Waals surface area contributed by atoms with Crippen molar-refractivity contribution in [1.29, 1.82) is 0 Å². The maximum absolute atomic E-state index is 12.8. The van der Waals surface area contributed by atoms with Crippen molar-refractivity contribution >= 4 is 23.1 Å². The summed E-state index contributed by atoms with van der Waals surface area (Å²) in [6.45, 7) is 6.17. The summed E-state index contributed by atoms with van der Waals surface area (Å²) >= 11 is 1.66. The van der Waals surface area contributed by atoms with Crippen molar-refractivity contribution in [3.63, 3.8) is 0 Å². The van der Waals surface area contributed by atoms with Gasteiger partial charge in [0.25, 0.3) is 0 Å². The molecule has 0 radical (unpaired) electrons. The van der Waals surface area contributed by atoms with Gasteiger partial charge in [-0.15, -0.1) is 11.3 Å². The molecule has 2 heterocycles. The van der Waals surface area contributed by atoms with E-state index in [4.69, 9.17) is 0 Å². The third-order valence-electron chi connectivity index (χ3n) is 3.90. The van der Waals surface area contributed by atoms with Crippen LogP contribution < -0.4 is 5.32 Å². The van der Waals surface area contributed by atoms with Crippen LogP contribution in [0.2, 0.25) is 0 Å². The van der Waals surface area contributed by atoms with E-state index in [9.17, 15) is 4.79 Å². The van der Waals surface area contributed by atoms with Gasteiger partial charge in [0.2, 0.25) is 5.91 Å². The van der Waals surface area contributed by atoms with E-state index < -0.39 is 0 Å². The molecule has 2 aromatic heterocycles. The van der Waals surface area contributed by atoms with Crippen molar-refractivity contribution in [2.45, 2.75) is 58.8 Å². The van der Waals surface area contributed by atoms with Crippen LogP contribution in [0.25, 0.3) is 0 Å². The maximum Gasteiger partial charge on any atom is 0.233 e. The number of carbonyl (C=O) groups is 1. The smallest absolute Gasteiger partial charge is 0.233 e. The summed E-state index contributed by atoms with van der Waals surface area (Å²) in [5, 5.41) is 5.05. The fourth-order valence-electron chi connectivity index (χ4n) is 2.79. The van der Waals surface area contributed by atoms with Gasteiger partial charge in [-0.25, -0.2) is 4.98 Å². The van der Waals surface area contributed by atoms with Gasteiger partial charge in [0, 0.05) is 10.6 Å². The molecule has 0 aliphatic rings. The molecule has 0 spiro atoms. The number of nitrogens with one attached hydrogen (secondary N) is 1. The van der Waals surface area contributed by atoms with Crippen molar-refractivity contribution in [2.24, 2.45) is 0 Å². The first-order valence-electron chi connectivity index (χ1n) is 8.39. The predicted octanol–water partition coefficient (Wildman–Crippen LogP) is 5.45. The van der Waals surface area contributed by atoms with E-state index >= 15 is 0 Å². The molecular weight excluding hydrogens is 304 g/mol. The number of amides is 1. The highest BCUT2D eigenvalue weighted by Crippen LogP contribution is 2.28. The quantitative estimate of drug-likeness (QED) is 0.654. The summed E-state index contributed by atoms with van der Waals surface area (Å²) in [5.74, 6) is 0.638. The standard InChI is InChI=1S/C19H26N2OS/c1-4-5-6-7-9-16(17-10-8-11-23-17)19(22)21-18-13-14(2)12-15(3)20-18/h8,10-13,16H,4-7,9H2,1-3H3,(H,20,21,22). The van der Waals surface area contributed by atoms with Gasteiger partial charge in [-0.2, -0.15) is 0 Å². The molecule has 23 heavy (non-hydrogen) atoms. The second-order valence-electron chi connectivity index (χ2n) is 6.08. The van der Waals surface area contributed by atoms with Crippen LogP contribution in [0.15, 0.2) is 29.6 Å². The van der Waals surface area contributed by atoms with Crippen molar-refractivity contribution in [3.8, 4) is 0 Å². The molecule has 1 N–H and O–H groups in total. The van der Waals surface area contributed by atoms with Crippen LogP contribution in [0.4, 0.5) is 5.82 Å². The largest absolute Gasteiger partial charge is 0.310 e. The van der Waals surface area contributed by atoms with Gasteiger partial charge in [0.15, 0.2) is 0 Å². The molecule has 124 valence electrons. The minimum absolute atomic E-state index is 0.0569. The van der Waals surface area contributed by atoms with Gasteiger partial charge in [-0.1, -0.05) is 38.7 Å². The van der Waals surface area contributed by atoms with Gasteiger partial charge in [-0.3, -0.25) is 4.79 Å². The number of carbonyl (C=O) groups excluding carboxylic acids is 1. The van der Waals surface area contributed by atoms with Crippen molar-refractivity contribution in [2.75, 3.05) is 5.32 Å². The Labute approximate surface area is 143 Å². The highest BCUT2D eigenvalue weighted by molar-refractivity contribution is 7.10. The summed E-state index contributed by atoms with van der Waals surface area (Å²) in [7, 11) is 0. The van der Waals surface area contributed by atoms with E-state index in [-0.39, 0.29) is 11.8 Å². The first-order chi connectivity index (χ1) is 11.1. The minimum Gasteiger partial charge on any atom is -0.310 e. The Morgan fingerprint density at radius 2 is 2.09 bits per heavy atom. The third-order valence-corrected chi connectivity index (χ3v) is 4.88. The highest BCUT2D eigenvalue weighted by atomic mass is 32.1. The van der Waals surface area contributed by atoms with Crippen molar-refractivity contribution < 1.29 is 4.79 Å². The molecule has 4 heteroatoms. The lowest BCUT2D eigenvalue weighted by atomic mass is 9.98. The molecule has 1 atom stereocenters. The molecule has 2 aromatic rings. The van der Waals surface area contributed by atoms with Crippen molar-refractivity contribution in [3.05, 3.63) is 45.8 Å². The number of aryl methyl sites for hydroxylation is 2. The molecule has 3 nitrogen and oxygen atoms in total. The molecular formula is C19H26N2OS. The number of pyridine rings is 1. The van der Waals surface area contributed by atoms with E-state index in [0.29, 0.717) is 5.82 Å². The lowest BCUT2D eigenvalue weighted by molar-refractivity contribution is -0.117. The Morgan fingerprint density at radius 1 is 1.26 bits per heavy atom. The number of thiophene rings is 1. The van der Waals surface area contributed by atoms with Gasteiger partial charge in [-0.05, 0) is 49.4 Å². The lowest BCUT2D eigenvalue weighted by Gasteiger charge is -2.15. The van der Waals surface area contributed by atoms with Crippen LogP contribution in [-0.4, -0.2) is 10.9 Å². The zero-order valence-corrected chi connectivity index (χ0v) is 15.1. The Balaban J connectivity index is 2.06. The number of unbranched alkanes of at least 4 members (excludes halogenated alkanes) is 3. The van der Waals surface area contributed by atoms with E-state index in [1.165, 1.54) is 19.3 Å². The summed E-state index contributed by atoms with van der Waals surface area (Å²) in [6.07, 6.45) is 5.62. The molecule has 0 aromatic carbocycles. The van der Waals surface area contributed by atoms with Crippen LogP contribution in [-0.2, 0) is 4.79 Å². The number of nitrogens with zero attached hydrogens (tertiary/aromatic N) is 1. The topological polar surface area (TPSA) is 42.0 Å². The molecule has 0 saturated heterocycles. The first kappa shape index (κ1) is 17.7. The maximum atomic E-state index is 12.8. The Bertz CT molecular complexity index is 602. The minimum atomic E-state index is -0.0746. The zero-order chi connectivity index (χ0) is 16.7. The molecule has 1 unspecified atom stereocenters. The SMILES string of the molecule is CCCCCCC(C(=O)Nc1cc(C)cc(C)n1)c1cccs1. The van der Waals surface area contributed by atoms with Crippen LogP contribution in [0, 0.1) is 13.8 Å². The average Bonchev–Trinajstić information content (AvgIpc) is 3.00. The van der Waals surface area contributed by atoms with E-state index in [2.05, 4.69) is 23.3 Å². The number of anilines is 1. The molecule has 0 saturated carbocycles. The second kappa shape index (κ2) is 8.82. The molecule has 2 rings (SSSR count). The normalized spacial score (nSPS) is 12.1. The second-order valence-corrected chi connectivity index (χ2v) is 7.06. The molecule has 0 fully saturated rings. The number of rotatable bonds is 8. The summed E-state index contributed by atoms with van der Waals surface area (Å²) < 4.78 is 0. The van der Waals surface area contributed by atoms with E-state index in [1.54, 1.807) is 11.3 Å². The predicted molar refractivity (Wildman–Crippen MR) is 98.2 cm³/mol. The van der Waals surface area contributed by atoms with E-state index in [1.807, 2.05) is 37.4 Å². The molecule has 0 bridgehead atoms. The van der Waals surface area contributed by atoms with Gasteiger partial charge in [0.05, 0.1) is 5.92 Å². The van der Waals surface area contributed by atoms with Crippen LogP contribution in [0.1, 0.15) is 61.1 Å². The zero-order valence-electron chi connectivity index (χ0n) is 14.3. The molecule has 0 aliphatic carbocycles. The van der Waals surface area contributed by atoms with Crippen LogP contribution >= 0.6 is 11.3 Å². The fraction of sp³-hybridized carbons (Fsp3) is 0.474. The third kappa shape index (κ3) is 5.47. The monoisotopic (exact) mass is 330 g/mol. The lowest BCUT2D eigenvalue weighted by Crippen LogP contribution is -2.21. The Morgan fingerprint density at radius 3 is 2.74 bits per heavy atom. The number of hydrogen-bond donors (Lipinski definition) is 1. The van der Waals surface area contributed by atoms with Crippen LogP contribution in [0.3, 0.4) is 0 Å². The van der Waals surface area contributed by atoms with Gasteiger partial charge in [0.1, 0.15) is 5.82 Å². The fourth-order valence-corrected chi connectivity index (χ4v) is 3.65.